The lowest BCUT2D eigenvalue weighted by Gasteiger charge is -2.13. The first-order chi connectivity index (χ1) is 6.37. The molecule has 0 atom stereocenters. The van der Waals surface area contributed by atoms with Crippen molar-refractivity contribution in [3.63, 3.8) is 0 Å². The molecule has 0 saturated carbocycles. The molecule has 14 heavy (non-hydrogen) atoms. The van der Waals surface area contributed by atoms with E-state index in [9.17, 15) is 0 Å². The van der Waals surface area contributed by atoms with Gasteiger partial charge in [-0.1, -0.05) is 58.0 Å². The minimum absolute atomic E-state index is 0.230. The van der Waals surface area contributed by atoms with E-state index < -0.39 is 0 Å². The Bertz CT molecular complexity index is 338. The predicted octanol–water partition coefficient (Wildman–Crippen LogP) is 4.39. The number of nitrogens with zero attached hydrogens (tertiary/aromatic N) is 1. The molecular formula is C8H6Cl5N. The average molecular weight is 293 g/mol. The first kappa shape index (κ1) is 12.5. The van der Waals surface area contributed by atoms with Gasteiger partial charge in [-0.25, -0.2) is 0 Å². The third kappa shape index (κ3) is 2.02. The summed E-state index contributed by atoms with van der Waals surface area (Å²) in [5.41, 5.74) is 0.468. The highest BCUT2D eigenvalue weighted by molar-refractivity contribution is 6.55. The summed E-state index contributed by atoms with van der Waals surface area (Å²) in [4.78, 5) is 1.67. The number of halogens is 5. The van der Waals surface area contributed by atoms with Crippen LogP contribution in [0.5, 0.6) is 0 Å². The Hall–Kier alpha value is 0.470. The lowest BCUT2D eigenvalue weighted by Crippen LogP contribution is -2.09. The second kappa shape index (κ2) is 4.54. The van der Waals surface area contributed by atoms with Crippen molar-refractivity contribution in [1.29, 1.82) is 0 Å². The predicted molar refractivity (Wildman–Crippen MR) is 64.0 cm³/mol. The van der Waals surface area contributed by atoms with E-state index in [1.807, 2.05) is 0 Å². The number of rotatable bonds is 1. The van der Waals surface area contributed by atoms with E-state index in [-0.39, 0.29) is 20.1 Å². The largest absolute Gasteiger partial charge is 0.368 e. The van der Waals surface area contributed by atoms with Crippen LogP contribution in [-0.2, 0) is 0 Å². The number of hydrogen-bond acceptors (Lipinski definition) is 1. The van der Waals surface area contributed by atoms with Gasteiger partial charge < -0.3 is 4.90 Å². The highest BCUT2D eigenvalue weighted by Crippen LogP contribution is 2.46. The fourth-order valence-electron chi connectivity index (χ4n) is 0.913. The highest BCUT2D eigenvalue weighted by atomic mass is 35.5. The van der Waals surface area contributed by atoms with Gasteiger partial charge in [0.15, 0.2) is 0 Å². The van der Waals surface area contributed by atoms with Gasteiger partial charge in [0.2, 0.25) is 0 Å². The first-order valence-electron chi connectivity index (χ1n) is 3.56. The Morgan fingerprint density at radius 2 is 1.21 bits per heavy atom. The second-order valence-electron chi connectivity index (χ2n) is 2.82. The molecule has 0 aromatic rings. The van der Waals surface area contributed by atoms with Gasteiger partial charge in [0.05, 0.1) is 25.7 Å². The van der Waals surface area contributed by atoms with Gasteiger partial charge in [-0.3, -0.25) is 0 Å². The summed E-state index contributed by atoms with van der Waals surface area (Å²) in [6.45, 7) is 0. The lowest BCUT2D eigenvalue weighted by atomic mass is 10.3. The Kier molecular flexibility index (Phi) is 4.07. The zero-order chi connectivity index (χ0) is 11.0. The normalized spacial score (nSPS) is 16.9. The van der Waals surface area contributed by atoms with E-state index >= 15 is 0 Å². The molecule has 1 rings (SSSR count). The Balaban J connectivity index is 3.36. The molecule has 0 aromatic heterocycles. The highest BCUT2D eigenvalue weighted by Gasteiger charge is 2.28. The van der Waals surface area contributed by atoms with Crippen LogP contribution in [0.15, 0.2) is 30.9 Å². The minimum atomic E-state index is 0.230. The Labute approximate surface area is 107 Å². The van der Waals surface area contributed by atoms with Gasteiger partial charge >= 0.3 is 0 Å². The smallest absolute Gasteiger partial charge is 0.114 e. The average Bonchev–Trinajstić information content (AvgIpc) is 2.30. The van der Waals surface area contributed by atoms with E-state index in [1.165, 1.54) is 0 Å². The van der Waals surface area contributed by atoms with Crippen molar-refractivity contribution in [3.8, 4) is 0 Å². The molecule has 6 heteroatoms. The molecule has 0 radical (unpaired) electrons. The molecule has 0 heterocycles. The molecule has 0 fully saturated rings. The Morgan fingerprint density at radius 1 is 0.857 bits per heavy atom. The van der Waals surface area contributed by atoms with Gasteiger partial charge in [0.25, 0.3) is 0 Å². The molecule has 0 aliphatic heterocycles. The van der Waals surface area contributed by atoms with Gasteiger partial charge in [0.1, 0.15) is 5.16 Å². The summed E-state index contributed by atoms with van der Waals surface area (Å²) in [5, 5.41) is 1.41. The van der Waals surface area contributed by atoms with Crippen LogP contribution in [-0.4, -0.2) is 19.0 Å². The third-order valence-electron chi connectivity index (χ3n) is 1.62. The van der Waals surface area contributed by atoms with Crippen molar-refractivity contribution in [3.05, 3.63) is 30.9 Å². The van der Waals surface area contributed by atoms with Crippen molar-refractivity contribution in [1.82, 2.24) is 4.90 Å². The van der Waals surface area contributed by atoms with Gasteiger partial charge in [0, 0.05) is 14.1 Å². The van der Waals surface area contributed by atoms with Crippen LogP contribution >= 0.6 is 58.0 Å². The van der Waals surface area contributed by atoms with E-state index in [0.29, 0.717) is 10.7 Å². The standard InChI is InChI=1S/C8H6Cl5N/c1-14(2)8(13)3-4(9)6(11)7(12)5(3)10/h1-2H3. The van der Waals surface area contributed by atoms with Crippen LogP contribution in [0.4, 0.5) is 0 Å². The second-order valence-corrected chi connectivity index (χ2v) is 4.69. The van der Waals surface area contributed by atoms with Gasteiger partial charge in [-0.15, -0.1) is 0 Å². The summed E-state index contributed by atoms with van der Waals surface area (Å²) >= 11 is 29.5. The minimum Gasteiger partial charge on any atom is -0.368 e. The number of hydrogen-bond donors (Lipinski definition) is 0. The van der Waals surface area contributed by atoms with Crippen molar-refractivity contribution in [2.75, 3.05) is 14.1 Å². The SMILES string of the molecule is CN(C)C(Cl)=C1C(Cl)=C(Cl)C(Cl)=C1Cl. The maximum Gasteiger partial charge on any atom is 0.114 e. The molecule has 0 bridgehead atoms. The molecule has 1 aliphatic rings. The monoisotopic (exact) mass is 291 g/mol. The van der Waals surface area contributed by atoms with E-state index in [1.54, 1.807) is 19.0 Å². The van der Waals surface area contributed by atoms with E-state index in [0.717, 1.165) is 0 Å². The molecule has 0 spiro atoms. The van der Waals surface area contributed by atoms with Crippen LogP contribution < -0.4 is 0 Å². The fraction of sp³-hybridized carbons (Fsp3) is 0.250. The van der Waals surface area contributed by atoms with Crippen molar-refractivity contribution in [2.45, 2.75) is 0 Å². The molecule has 0 amide bonds. The zero-order valence-corrected chi connectivity index (χ0v) is 11.1. The number of allylic oxidation sites excluding steroid dienone is 5. The van der Waals surface area contributed by atoms with Crippen molar-refractivity contribution >= 4 is 58.0 Å². The molecule has 1 aliphatic carbocycles. The first-order valence-corrected chi connectivity index (χ1v) is 5.45. The lowest BCUT2D eigenvalue weighted by molar-refractivity contribution is 0.544. The van der Waals surface area contributed by atoms with Crippen LogP contribution in [0.25, 0.3) is 0 Å². The van der Waals surface area contributed by atoms with Crippen LogP contribution in [0.2, 0.25) is 0 Å². The molecule has 0 aromatic carbocycles. The molecule has 78 valence electrons. The topological polar surface area (TPSA) is 3.24 Å². The van der Waals surface area contributed by atoms with Crippen molar-refractivity contribution in [2.24, 2.45) is 0 Å². The maximum atomic E-state index is 5.99. The molecule has 0 saturated heterocycles. The van der Waals surface area contributed by atoms with Crippen LogP contribution in [0.1, 0.15) is 0 Å². The van der Waals surface area contributed by atoms with Gasteiger partial charge in [-0.2, -0.15) is 0 Å². The molecular weight excluding hydrogens is 287 g/mol. The molecule has 1 nitrogen and oxygen atoms in total. The molecule has 0 N–H and O–H groups in total. The van der Waals surface area contributed by atoms with Crippen LogP contribution in [0, 0.1) is 0 Å². The van der Waals surface area contributed by atoms with E-state index in [4.69, 9.17) is 58.0 Å². The van der Waals surface area contributed by atoms with Gasteiger partial charge in [-0.05, 0) is 0 Å². The summed E-state index contributed by atoms with van der Waals surface area (Å²) in [5.74, 6) is 0. The maximum absolute atomic E-state index is 5.99. The fourth-order valence-corrected chi connectivity index (χ4v) is 2.28. The van der Waals surface area contributed by atoms with Crippen LogP contribution in [0.3, 0.4) is 0 Å². The summed E-state index contributed by atoms with van der Waals surface area (Å²) in [6.07, 6.45) is 0. The van der Waals surface area contributed by atoms with Crippen molar-refractivity contribution < 1.29 is 0 Å². The third-order valence-corrected chi connectivity index (χ3v) is 3.95. The Morgan fingerprint density at radius 3 is 1.50 bits per heavy atom. The zero-order valence-electron chi connectivity index (χ0n) is 7.34. The quantitative estimate of drug-likeness (QED) is 0.648. The summed E-state index contributed by atoms with van der Waals surface area (Å²) < 4.78 is 0. The summed E-state index contributed by atoms with van der Waals surface area (Å²) in [7, 11) is 3.54. The van der Waals surface area contributed by atoms with E-state index in [2.05, 4.69) is 0 Å². The summed E-state index contributed by atoms with van der Waals surface area (Å²) in [6, 6.07) is 0. The molecule has 0 unspecified atom stereocenters.